The molecule has 0 unspecified atom stereocenters. The largest absolute Gasteiger partial charge is 1.00 e. The zero-order valence-corrected chi connectivity index (χ0v) is 19.6. The van der Waals surface area contributed by atoms with Crippen molar-refractivity contribution in [3.8, 4) is 28.1 Å². The third-order valence-corrected chi connectivity index (χ3v) is 5.71. The predicted molar refractivity (Wildman–Crippen MR) is 125 cm³/mol. The van der Waals surface area contributed by atoms with Crippen LogP contribution in [0.1, 0.15) is 8.35 Å². The molecule has 0 bridgehead atoms. The Bertz CT molecular complexity index is 1390. The van der Waals surface area contributed by atoms with Gasteiger partial charge in [-0.2, -0.15) is 0 Å². The van der Waals surface area contributed by atoms with E-state index in [4.69, 9.17) is 9.84 Å². The number of thiazole rings is 1. The van der Waals surface area contributed by atoms with Gasteiger partial charge < -0.3 is 16.6 Å². The van der Waals surface area contributed by atoms with Crippen LogP contribution in [-0.4, -0.2) is 40.2 Å². The van der Waals surface area contributed by atoms with Crippen LogP contribution >= 0.6 is 11.3 Å². The van der Waals surface area contributed by atoms with Gasteiger partial charge in [-0.25, -0.2) is 23.4 Å². The number of ether oxygens (including phenoxy) is 1. The Kier molecular flexibility index (Phi) is 8.40. The molecule has 3 N–H and O–H groups in total. The zero-order valence-electron chi connectivity index (χ0n) is 19.8. The average Bonchev–Trinajstić information content (AvgIpc) is 3.23. The van der Waals surface area contributed by atoms with Crippen LogP contribution in [0.4, 0.5) is 18.7 Å². The quantitative estimate of drug-likeness (QED) is 0.341. The number of amides is 2. The first kappa shape index (κ1) is 26.1. The molecule has 12 heteroatoms. The van der Waals surface area contributed by atoms with E-state index in [0.717, 1.165) is 11.3 Å². The van der Waals surface area contributed by atoms with Gasteiger partial charge in [0.1, 0.15) is 22.8 Å². The van der Waals surface area contributed by atoms with Gasteiger partial charge in [0.05, 0.1) is 4.70 Å². The molecule has 0 fully saturated rings. The van der Waals surface area contributed by atoms with Gasteiger partial charge in [0.15, 0.2) is 17.6 Å². The van der Waals surface area contributed by atoms with Gasteiger partial charge in [-0.3, -0.25) is 10.3 Å². The number of aliphatic carboxylic acids is 1. The van der Waals surface area contributed by atoms with Crippen LogP contribution in [0, 0.1) is 11.6 Å². The summed E-state index contributed by atoms with van der Waals surface area (Å²) < 4.78 is 35.7. The number of carbonyl (C=O) groups excluding carboxylic acids is 1. The molecule has 2 amide bonds. The Balaban J connectivity index is 0.00000228. The number of rotatable bonds is 7. The maximum Gasteiger partial charge on any atom is 1.00 e. The third-order valence-electron chi connectivity index (χ3n) is 4.70. The monoisotopic (exact) mass is 492 g/mol. The molecule has 8 nitrogen and oxygen atoms in total. The van der Waals surface area contributed by atoms with Crippen molar-refractivity contribution in [1.29, 1.82) is 0 Å². The number of anilines is 1. The van der Waals surface area contributed by atoms with Gasteiger partial charge in [0.25, 0.3) is 0 Å². The molecule has 35 heavy (non-hydrogen) atoms. The van der Waals surface area contributed by atoms with Crippen LogP contribution in [0.25, 0.3) is 32.6 Å². The number of aromatic nitrogens is 2. The van der Waals surface area contributed by atoms with Gasteiger partial charge in [-0.05, 0) is 42.8 Å². The van der Waals surface area contributed by atoms with E-state index in [0.29, 0.717) is 28.1 Å². The van der Waals surface area contributed by atoms with Crippen LogP contribution < -0.4 is 34.2 Å². The molecule has 0 aliphatic rings. The molecule has 0 saturated heterocycles. The number of halogens is 2. The minimum Gasteiger partial charge on any atom is -1.00 e. The van der Waals surface area contributed by atoms with Crippen LogP contribution in [0.3, 0.4) is 0 Å². The summed E-state index contributed by atoms with van der Waals surface area (Å²) in [6.07, 6.45) is 1.43. The van der Waals surface area contributed by atoms with Crippen molar-refractivity contribution in [2.24, 2.45) is 0 Å². The number of hydrogen-bond acceptors (Lipinski definition) is 6. The number of urea groups is 1. The summed E-state index contributed by atoms with van der Waals surface area (Å²) in [4.78, 5) is 31.0. The van der Waals surface area contributed by atoms with Crippen molar-refractivity contribution in [1.82, 2.24) is 15.3 Å². The molecule has 4 aromatic rings. The summed E-state index contributed by atoms with van der Waals surface area (Å²) in [6.45, 7) is 1.64. The summed E-state index contributed by atoms with van der Waals surface area (Å²) >= 11 is 1.01. The van der Waals surface area contributed by atoms with Crippen LogP contribution in [-0.2, 0) is 4.79 Å². The first-order valence-electron chi connectivity index (χ1n) is 10.1. The number of fused-ring (bicyclic) bond motifs is 1. The van der Waals surface area contributed by atoms with E-state index in [1.807, 2.05) is 0 Å². The molecule has 0 spiro atoms. The Hall–Kier alpha value is -3.52. The van der Waals surface area contributed by atoms with E-state index in [2.05, 4.69) is 20.6 Å². The van der Waals surface area contributed by atoms with Crippen molar-refractivity contribution in [3.05, 3.63) is 60.3 Å². The average molecular weight is 492 g/mol. The second kappa shape index (κ2) is 11.3. The minimum atomic E-state index is -1.12. The van der Waals surface area contributed by atoms with Crippen molar-refractivity contribution in [3.63, 3.8) is 0 Å². The topological polar surface area (TPSA) is 113 Å². The maximum absolute atomic E-state index is 15.6. The van der Waals surface area contributed by atoms with Crippen LogP contribution in [0.2, 0.25) is 0 Å². The van der Waals surface area contributed by atoms with E-state index in [-0.39, 0.29) is 42.2 Å². The number of nitrogens with one attached hydrogen (secondary N) is 2. The zero-order chi connectivity index (χ0) is 24.2. The van der Waals surface area contributed by atoms with Gasteiger partial charge in [-0.15, -0.1) is 0 Å². The van der Waals surface area contributed by atoms with Crippen molar-refractivity contribution in [2.45, 2.75) is 6.92 Å². The van der Waals surface area contributed by atoms with E-state index in [1.54, 1.807) is 19.1 Å². The second-order valence-electron chi connectivity index (χ2n) is 7.01. The predicted octanol–water partition coefficient (Wildman–Crippen LogP) is 2.02. The molecule has 2 heterocycles. The molecule has 2 aromatic heterocycles. The second-order valence-corrected chi connectivity index (χ2v) is 8.01. The smallest absolute Gasteiger partial charge is 1.00 e. The molecule has 0 saturated carbocycles. The molecule has 4 rings (SSSR count). The first-order chi connectivity index (χ1) is 16.4. The van der Waals surface area contributed by atoms with Gasteiger partial charge in [0, 0.05) is 23.9 Å². The molecule has 0 aliphatic heterocycles. The Morgan fingerprint density at radius 2 is 1.91 bits per heavy atom. The standard InChI is InChI=1S/C23H18F2N4O4S.Li.H/c1-2-26-22(32)29-23-28-20-18(25)14(12-5-7-13(8-6-12)33-11-17(30)31)10-15(21(20)34-23)19-16(24)4-3-9-27-19;;/h3-10H,2,11H2,1H3,(H,30,31)(H2,26,28,29,32);;/q;+1;-1. The van der Waals surface area contributed by atoms with Crippen LogP contribution in [0.15, 0.2) is 48.7 Å². The fourth-order valence-corrected chi connectivity index (χ4v) is 4.22. The maximum atomic E-state index is 15.6. The molecule has 176 valence electrons. The van der Waals surface area contributed by atoms with E-state index < -0.39 is 30.2 Å². The first-order valence-corrected chi connectivity index (χ1v) is 10.9. The molecule has 0 aliphatic carbocycles. The van der Waals surface area contributed by atoms with E-state index in [1.165, 1.54) is 36.5 Å². The Labute approximate surface area is 216 Å². The minimum absolute atomic E-state index is 0. The summed E-state index contributed by atoms with van der Waals surface area (Å²) in [7, 11) is 0. The fraction of sp³-hybridized carbons (Fsp3) is 0.130. The van der Waals surface area contributed by atoms with Crippen LogP contribution in [0.5, 0.6) is 5.75 Å². The summed E-state index contributed by atoms with van der Waals surface area (Å²) in [5.41, 5.74) is 0.860. The summed E-state index contributed by atoms with van der Waals surface area (Å²) in [6, 6.07) is 9.80. The number of carboxylic acid groups (broad SMARTS) is 1. The van der Waals surface area contributed by atoms with Crippen molar-refractivity contribution in [2.75, 3.05) is 18.5 Å². The number of carbonyl (C=O) groups is 2. The number of nitrogens with zero attached hydrogens (tertiary/aromatic N) is 2. The summed E-state index contributed by atoms with van der Waals surface area (Å²) in [5, 5.41) is 14.0. The number of hydrogen-bond donors (Lipinski definition) is 3. The number of pyridine rings is 1. The molecular formula is C23H19F2LiN4O4S. The molecule has 2 aromatic carbocycles. The Morgan fingerprint density at radius 3 is 2.57 bits per heavy atom. The normalized spacial score (nSPS) is 10.5. The van der Waals surface area contributed by atoms with E-state index in [9.17, 15) is 14.0 Å². The van der Waals surface area contributed by atoms with Gasteiger partial charge in [-0.1, -0.05) is 23.5 Å². The molecule has 0 atom stereocenters. The van der Waals surface area contributed by atoms with Crippen molar-refractivity contribution < 1.29 is 48.5 Å². The number of benzene rings is 2. The Morgan fingerprint density at radius 1 is 1.17 bits per heavy atom. The van der Waals surface area contributed by atoms with Crippen molar-refractivity contribution >= 4 is 38.7 Å². The SMILES string of the molecule is CCNC(=O)Nc1nc2c(F)c(-c3ccc(OCC(=O)O)cc3)cc(-c3ncccc3F)c2s1.[H-].[Li+]. The van der Waals surface area contributed by atoms with Gasteiger partial charge in [0.2, 0.25) is 0 Å². The van der Waals surface area contributed by atoms with E-state index >= 15 is 4.39 Å². The summed E-state index contributed by atoms with van der Waals surface area (Å²) in [5.74, 6) is -2.08. The molecular weight excluding hydrogens is 473 g/mol. The number of carboxylic acids is 1. The fourth-order valence-electron chi connectivity index (χ4n) is 3.25. The molecule has 0 radical (unpaired) electrons. The van der Waals surface area contributed by atoms with Gasteiger partial charge >= 0.3 is 30.9 Å². The third kappa shape index (κ3) is 5.76.